The second-order valence-electron chi connectivity index (χ2n) is 2.80. The summed E-state index contributed by atoms with van der Waals surface area (Å²) in [7, 11) is 4.49. The fourth-order valence-corrected chi connectivity index (χ4v) is 1.39. The summed E-state index contributed by atoms with van der Waals surface area (Å²) in [5.41, 5.74) is 0.421. The number of ether oxygens (including phenoxy) is 3. The molecule has 6 heteroatoms. The Morgan fingerprint density at radius 3 is 2.00 bits per heavy atom. The normalized spacial score (nSPS) is 11.1. The topological polar surface area (TPSA) is 60.3 Å². The molecular weight excluding hydrogens is 234 g/mol. The average molecular weight is 246 g/mol. The first kappa shape index (κ1) is 12.4. The van der Waals surface area contributed by atoms with Gasteiger partial charge in [0.15, 0.2) is 16.7 Å². The van der Waals surface area contributed by atoms with E-state index in [1.807, 2.05) is 0 Å². The fraction of sp³-hybridized carbons (Fsp3) is 0.300. The number of nitrogens with zero attached hydrogens (tertiary/aromatic N) is 1. The maximum absolute atomic E-state index is 8.63. The third kappa shape index (κ3) is 2.30. The van der Waals surface area contributed by atoms with Crippen LogP contribution in [-0.4, -0.2) is 31.7 Å². The van der Waals surface area contributed by atoms with Crippen molar-refractivity contribution in [2.24, 2.45) is 5.16 Å². The Labute approximate surface area is 98.2 Å². The van der Waals surface area contributed by atoms with Crippen LogP contribution < -0.4 is 14.2 Å². The Hall–Kier alpha value is -1.62. The molecular formula is C10H12ClNO4. The summed E-state index contributed by atoms with van der Waals surface area (Å²) >= 11 is 5.72. The van der Waals surface area contributed by atoms with Gasteiger partial charge in [0.25, 0.3) is 0 Å². The molecule has 16 heavy (non-hydrogen) atoms. The van der Waals surface area contributed by atoms with E-state index < -0.39 is 0 Å². The third-order valence-electron chi connectivity index (χ3n) is 2.02. The molecule has 0 radical (unpaired) electrons. The van der Waals surface area contributed by atoms with Gasteiger partial charge < -0.3 is 19.4 Å². The lowest BCUT2D eigenvalue weighted by atomic mass is 10.2. The summed E-state index contributed by atoms with van der Waals surface area (Å²) < 4.78 is 15.3. The maximum atomic E-state index is 8.63. The van der Waals surface area contributed by atoms with Crippen LogP contribution in [0.25, 0.3) is 0 Å². The van der Waals surface area contributed by atoms with E-state index in [9.17, 15) is 0 Å². The molecule has 0 saturated carbocycles. The number of benzene rings is 1. The Morgan fingerprint density at radius 1 is 1.06 bits per heavy atom. The van der Waals surface area contributed by atoms with Gasteiger partial charge in [0, 0.05) is 6.07 Å². The van der Waals surface area contributed by atoms with Crippen molar-refractivity contribution in [2.75, 3.05) is 21.3 Å². The van der Waals surface area contributed by atoms with Crippen LogP contribution in [0.1, 0.15) is 5.56 Å². The Kier molecular flexibility index (Phi) is 4.25. The van der Waals surface area contributed by atoms with Crippen molar-refractivity contribution in [1.29, 1.82) is 0 Å². The summed E-state index contributed by atoms with van der Waals surface area (Å²) in [6.07, 6.45) is 0. The first-order valence-electron chi connectivity index (χ1n) is 4.35. The highest BCUT2D eigenvalue weighted by molar-refractivity contribution is 6.69. The van der Waals surface area contributed by atoms with E-state index in [0.29, 0.717) is 22.8 Å². The summed E-state index contributed by atoms with van der Waals surface area (Å²) in [5, 5.41) is 11.4. The molecule has 1 rings (SSSR count). The number of hydrogen-bond acceptors (Lipinski definition) is 5. The highest BCUT2D eigenvalue weighted by Crippen LogP contribution is 2.35. The van der Waals surface area contributed by atoms with Gasteiger partial charge in [-0.2, -0.15) is 0 Å². The molecule has 0 heterocycles. The average Bonchev–Trinajstić information content (AvgIpc) is 2.35. The second-order valence-corrected chi connectivity index (χ2v) is 3.16. The van der Waals surface area contributed by atoms with Crippen molar-refractivity contribution in [3.8, 4) is 17.2 Å². The Bertz CT molecular complexity index is 406. The number of methoxy groups -OCH3 is 3. The van der Waals surface area contributed by atoms with Crippen molar-refractivity contribution >= 4 is 16.8 Å². The van der Waals surface area contributed by atoms with E-state index in [1.54, 1.807) is 12.1 Å². The van der Waals surface area contributed by atoms with Crippen LogP contribution in [0, 0.1) is 0 Å². The van der Waals surface area contributed by atoms with Gasteiger partial charge in [0.2, 0.25) is 0 Å². The predicted octanol–water partition coefficient (Wildman–Crippen LogP) is 2.09. The van der Waals surface area contributed by atoms with Crippen LogP contribution in [0.15, 0.2) is 17.3 Å². The van der Waals surface area contributed by atoms with Crippen molar-refractivity contribution in [3.63, 3.8) is 0 Å². The van der Waals surface area contributed by atoms with Crippen LogP contribution in [0.5, 0.6) is 17.2 Å². The molecule has 0 aliphatic rings. The molecule has 88 valence electrons. The molecule has 0 amide bonds. The van der Waals surface area contributed by atoms with Crippen LogP contribution in [0.4, 0.5) is 0 Å². The second kappa shape index (κ2) is 5.46. The quantitative estimate of drug-likeness (QED) is 0.501. The Balaban J connectivity index is 3.37. The van der Waals surface area contributed by atoms with Crippen LogP contribution in [-0.2, 0) is 0 Å². The van der Waals surface area contributed by atoms with Gasteiger partial charge in [0.1, 0.15) is 5.75 Å². The van der Waals surface area contributed by atoms with Gasteiger partial charge in [-0.25, -0.2) is 0 Å². The van der Waals surface area contributed by atoms with Crippen molar-refractivity contribution in [1.82, 2.24) is 0 Å². The summed E-state index contributed by atoms with van der Waals surface area (Å²) in [5.74, 6) is 1.41. The van der Waals surface area contributed by atoms with Crippen molar-refractivity contribution < 1.29 is 19.4 Å². The van der Waals surface area contributed by atoms with E-state index in [4.69, 9.17) is 31.0 Å². The zero-order valence-electron chi connectivity index (χ0n) is 9.15. The zero-order valence-corrected chi connectivity index (χ0v) is 9.91. The number of rotatable bonds is 4. The molecule has 1 N–H and O–H groups in total. The van der Waals surface area contributed by atoms with E-state index in [1.165, 1.54) is 21.3 Å². The summed E-state index contributed by atoms with van der Waals surface area (Å²) in [4.78, 5) is 0. The SMILES string of the molecule is COc1cc(OC)c(/C(Cl)=N\O)cc1OC. The minimum atomic E-state index is -0.0854. The highest BCUT2D eigenvalue weighted by Gasteiger charge is 2.15. The van der Waals surface area contributed by atoms with Crippen molar-refractivity contribution in [2.45, 2.75) is 0 Å². The van der Waals surface area contributed by atoms with Crippen LogP contribution in [0.3, 0.4) is 0 Å². The lowest BCUT2D eigenvalue weighted by Crippen LogP contribution is -2.00. The smallest absolute Gasteiger partial charge is 0.179 e. The first-order valence-corrected chi connectivity index (χ1v) is 4.73. The molecule has 0 fully saturated rings. The minimum Gasteiger partial charge on any atom is -0.496 e. The summed E-state index contributed by atoms with van der Waals surface area (Å²) in [6.45, 7) is 0. The van der Waals surface area contributed by atoms with E-state index in [-0.39, 0.29) is 5.17 Å². The third-order valence-corrected chi connectivity index (χ3v) is 2.29. The van der Waals surface area contributed by atoms with Gasteiger partial charge in [-0.15, -0.1) is 0 Å². The first-order chi connectivity index (χ1) is 7.67. The van der Waals surface area contributed by atoms with Crippen molar-refractivity contribution in [3.05, 3.63) is 17.7 Å². The van der Waals surface area contributed by atoms with Gasteiger partial charge in [-0.3, -0.25) is 0 Å². The zero-order chi connectivity index (χ0) is 12.1. The minimum absolute atomic E-state index is 0.0854. The van der Waals surface area contributed by atoms with Gasteiger partial charge in [0.05, 0.1) is 26.9 Å². The monoisotopic (exact) mass is 245 g/mol. The number of hydrogen-bond donors (Lipinski definition) is 1. The molecule has 0 aliphatic heterocycles. The standard InChI is InChI=1S/C10H12ClNO4/c1-14-7-5-9(16-3)8(15-2)4-6(7)10(11)12-13/h4-5,13H,1-3H3/b12-10+. The predicted molar refractivity (Wildman–Crippen MR) is 60.3 cm³/mol. The number of halogens is 1. The molecule has 0 aliphatic carbocycles. The van der Waals surface area contributed by atoms with Crippen LogP contribution in [0.2, 0.25) is 0 Å². The van der Waals surface area contributed by atoms with Crippen LogP contribution >= 0.6 is 11.6 Å². The molecule has 0 unspecified atom stereocenters. The molecule has 0 aromatic heterocycles. The van der Waals surface area contributed by atoms with E-state index >= 15 is 0 Å². The van der Waals surface area contributed by atoms with Gasteiger partial charge in [-0.1, -0.05) is 16.8 Å². The largest absolute Gasteiger partial charge is 0.496 e. The fourth-order valence-electron chi connectivity index (χ4n) is 1.24. The molecule has 5 nitrogen and oxygen atoms in total. The Morgan fingerprint density at radius 2 is 1.56 bits per heavy atom. The number of oxime groups is 1. The molecule has 0 atom stereocenters. The molecule has 0 spiro atoms. The van der Waals surface area contributed by atoms with Gasteiger partial charge >= 0.3 is 0 Å². The lowest BCUT2D eigenvalue weighted by molar-refractivity contribution is 0.320. The highest BCUT2D eigenvalue weighted by atomic mass is 35.5. The molecule has 0 bridgehead atoms. The lowest BCUT2D eigenvalue weighted by Gasteiger charge is -2.12. The summed E-state index contributed by atoms with van der Waals surface area (Å²) in [6, 6.07) is 3.17. The van der Waals surface area contributed by atoms with E-state index in [2.05, 4.69) is 5.16 Å². The maximum Gasteiger partial charge on any atom is 0.179 e. The van der Waals surface area contributed by atoms with E-state index in [0.717, 1.165) is 0 Å². The molecule has 1 aromatic rings. The molecule has 1 aromatic carbocycles. The molecule has 0 saturated heterocycles. The van der Waals surface area contributed by atoms with Gasteiger partial charge in [-0.05, 0) is 6.07 Å².